The molecule has 0 unspecified atom stereocenters. The number of para-hydroxylation sites is 1. The smallest absolute Gasteiger partial charge is 0.322 e. The first-order valence-corrected chi connectivity index (χ1v) is 9.38. The number of nitrogens with zero attached hydrogens (tertiary/aromatic N) is 2. The number of aromatic nitrogens is 2. The van der Waals surface area contributed by atoms with Gasteiger partial charge in [-0.15, -0.1) is 5.10 Å². The Morgan fingerprint density at radius 2 is 1.77 bits per heavy atom. The standard InChI is InChI=1S/C21H12Cl2FN3O3/c22-12-5-10-15(17(23)11-12)20-26-27-21(30-20)25-19(28)16-3-1-2-4-18(16)29-14-8-6-13(24)7-9-14/h1-11H,(H,25,27,28). The Kier molecular flexibility index (Phi) is 5.65. The Bertz CT molecular complexity index is 1210. The molecule has 6 nitrogen and oxygen atoms in total. The molecule has 0 aliphatic heterocycles. The fourth-order valence-electron chi connectivity index (χ4n) is 2.58. The number of anilines is 1. The van der Waals surface area contributed by atoms with Crippen LogP contribution in [-0.2, 0) is 0 Å². The maximum Gasteiger partial charge on any atom is 0.322 e. The number of rotatable bonds is 5. The number of benzene rings is 3. The summed E-state index contributed by atoms with van der Waals surface area (Å²) in [6.07, 6.45) is 0. The van der Waals surface area contributed by atoms with E-state index >= 15 is 0 Å². The molecule has 0 atom stereocenters. The number of ether oxygens (including phenoxy) is 1. The lowest BCUT2D eigenvalue weighted by Crippen LogP contribution is -2.13. The molecular weight excluding hydrogens is 432 g/mol. The molecule has 3 aromatic carbocycles. The third kappa shape index (κ3) is 4.42. The zero-order valence-corrected chi connectivity index (χ0v) is 16.6. The Morgan fingerprint density at radius 1 is 1.00 bits per heavy atom. The van der Waals surface area contributed by atoms with Crippen molar-refractivity contribution < 1.29 is 18.3 Å². The van der Waals surface area contributed by atoms with E-state index < -0.39 is 5.91 Å². The predicted molar refractivity (Wildman–Crippen MR) is 111 cm³/mol. The third-order valence-corrected chi connectivity index (χ3v) is 4.53. The number of nitrogens with one attached hydrogen (secondary N) is 1. The first-order chi connectivity index (χ1) is 14.5. The van der Waals surface area contributed by atoms with Crippen molar-refractivity contribution in [3.8, 4) is 23.0 Å². The third-order valence-electron chi connectivity index (χ3n) is 3.98. The summed E-state index contributed by atoms with van der Waals surface area (Å²) in [6, 6.07) is 16.7. The maximum absolute atomic E-state index is 13.1. The number of amides is 1. The summed E-state index contributed by atoms with van der Waals surface area (Å²) in [5.74, 6) is -0.120. The van der Waals surface area contributed by atoms with Gasteiger partial charge in [-0.2, -0.15) is 0 Å². The molecule has 0 fully saturated rings. The molecule has 0 saturated carbocycles. The van der Waals surface area contributed by atoms with Crippen LogP contribution in [-0.4, -0.2) is 16.1 Å². The van der Waals surface area contributed by atoms with Crippen molar-refractivity contribution in [1.82, 2.24) is 10.2 Å². The topological polar surface area (TPSA) is 77.3 Å². The SMILES string of the molecule is O=C(Nc1nnc(-c2ccc(Cl)cc2Cl)o1)c1ccccc1Oc1ccc(F)cc1. The van der Waals surface area contributed by atoms with Gasteiger partial charge in [-0.1, -0.05) is 40.4 Å². The van der Waals surface area contributed by atoms with Gasteiger partial charge in [0.15, 0.2) is 0 Å². The van der Waals surface area contributed by atoms with E-state index in [1.165, 1.54) is 24.3 Å². The van der Waals surface area contributed by atoms with E-state index in [2.05, 4.69) is 15.5 Å². The van der Waals surface area contributed by atoms with Gasteiger partial charge >= 0.3 is 6.01 Å². The molecule has 0 bridgehead atoms. The van der Waals surface area contributed by atoms with Crippen LogP contribution in [0.1, 0.15) is 10.4 Å². The molecule has 0 spiro atoms. The molecule has 0 saturated heterocycles. The Hall–Kier alpha value is -3.42. The molecule has 1 N–H and O–H groups in total. The van der Waals surface area contributed by atoms with Crippen LogP contribution in [0, 0.1) is 5.82 Å². The van der Waals surface area contributed by atoms with Crippen molar-refractivity contribution in [2.45, 2.75) is 0 Å². The number of carbonyl (C=O) groups excluding carboxylic acids is 1. The summed E-state index contributed by atoms with van der Waals surface area (Å²) in [6.45, 7) is 0. The van der Waals surface area contributed by atoms with Crippen molar-refractivity contribution in [3.05, 3.63) is 88.2 Å². The van der Waals surface area contributed by atoms with Crippen LogP contribution in [0.15, 0.2) is 71.1 Å². The van der Waals surface area contributed by atoms with E-state index in [0.29, 0.717) is 21.4 Å². The minimum absolute atomic E-state index is 0.113. The van der Waals surface area contributed by atoms with Crippen molar-refractivity contribution in [2.24, 2.45) is 0 Å². The normalized spacial score (nSPS) is 10.6. The molecule has 1 aromatic heterocycles. The largest absolute Gasteiger partial charge is 0.457 e. The molecule has 1 amide bonds. The van der Waals surface area contributed by atoms with Crippen LogP contribution in [0.3, 0.4) is 0 Å². The fraction of sp³-hybridized carbons (Fsp3) is 0. The van der Waals surface area contributed by atoms with Crippen LogP contribution < -0.4 is 10.1 Å². The van der Waals surface area contributed by atoms with Crippen LogP contribution >= 0.6 is 23.2 Å². The fourth-order valence-corrected chi connectivity index (χ4v) is 3.07. The van der Waals surface area contributed by atoms with Gasteiger partial charge in [-0.05, 0) is 54.6 Å². The minimum Gasteiger partial charge on any atom is -0.457 e. The lowest BCUT2D eigenvalue weighted by Gasteiger charge is -2.10. The molecule has 0 aliphatic rings. The summed E-state index contributed by atoms with van der Waals surface area (Å²) < 4.78 is 24.3. The maximum atomic E-state index is 13.1. The van der Waals surface area contributed by atoms with E-state index in [-0.39, 0.29) is 29.0 Å². The predicted octanol–water partition coefficient (Wildman–Crippen LogP) is 6.23. The molecule has 0 radical (unpaired) electrons. The lowest BCUT2D eigenvalue weighted by molar-refractivity contribution is 0.102. The quantitative estimate of drug-likeness (QED) is 0.395. The van der Waals surface area contributed by atoms with E-state index in [1.54, 1.807) is 42.5 Å². The van der Waals surface area contributed by atoms with Crippen LogP contribution in [0.2, 0.25) is 10.0 Å². The van der Waals surface area contributed by atoms with Crippen molar-refractivity contribution in [3.63, 3.8) is 0 Å². The molecular formula is C21H12Cl2FN3O3. The number of halogens is 3. The second kappa shape index (κ2) is 8.52. The van der Waals surface area contributed by atoms with Gasteiger partial charge in [0.05, 0.1) is 16.1 Å². The average Bonchev–Trinajstić information content (AvgIpc) is 3.18. The zero-order valence-electron chi connectivity index (χ0n) is 15.1. The second-order valence-electron chi connectivity index (χ2n) is 6.04. The summed E-state index contributed by atoms with van der Waals surface area (Å²) in [5, 5.41) is 11.0. The first kappa shape index (κ1) is 19.9. The highest BCUT2D eigenvalue weighted by Crippen LogP contribution is 2.31. The molecule has 9 heteroatoms. The monoisotopic (exact) mass is 443 g/mol. The van der Waals surface area contributed by atoms with E-state index in [9.17, 15) is 9.18 Å². The Labute approximate surface area is 180 Å². The van der Waals surface area contributed by atoms with Gasteiger partial charge in [0.25, 0.3) is 11.8 Å². The highest BCUT2D eigenvalue weighted by Gasteiger charge is 2.18. The van der Waals surface area contributed by atoms with Gasteiger partial charge in [-0.3, -0.25) is 10.1 Å². The van der Waals surface area contributed by atoms with Gasteiger partial charge in [0.2, 0.25) is 0 Å². The summed E-state index contributed by atoms with van der Waals surface area (Å²) in [5.41, 5.74) is 0.709. The van der Waals surface area contributed by atoms with E-state index in [1.807, 2.05) is 0 Å². The molecule has 4 aromatic rings. The van der Waals surface area contributed by atoms with Crippen LogP contribution in [0.5, 0.6) is 11.5 Å². The molecule has 4 rings (SSSR count). The number of carbonyl (C=O) groups is 1. The Morgan fingerprint density at radius 3 is 2.53 bits per heavy atom. The van der Waals surface area contributed by atoms with E-state index in [4.69, 9.17) is 32.4 Å². The molecule has 1 heterocycles. The highest BCUT2D eigenvalue weighted by molar-refractivity contribution is 6.36. The van der Waals surface area contributed by atoms with Crippen LogP contribution in [0.25, 0.3) is 11.5 Å². The van der Waals surface area contributed by atoms with Crippen molar-refractivity contribution >= 4 is 35.1 Å². The lowest BCUT2D eigenvalue weighted by atomic mass is 10.2. The molecule has 0 aliphatic carbocycles. The van der Waals surface area contributed by atoms with E-state index in [0.717, 1.165) is 0 Å². The average molecular weight is 444 g/mol. The number of hydrogen-bond acceptors (Lipinski definition) is 5. The summed E-state index contributed by atoms with van der Waals surface area (Å²) in [7, 11) is 0. The van der Waals surface area contributed by atoms with Crippen molar-refractivity contribution in [1.29, 1.82) is 0 Å². The van der Waals surface area contributed by atoms with Gasteiger partial charge in [-0.25, -0.2) is 4.39 Å². The van der Waals surface area contributed by atoms with Gasteiger partial charge in [0, 0.05) is 5.02 Å². The Balaban J connectivity index is 1.53. The van der Waals surface area contributed by atoms with Gasteiger partial charge < -0.3 is 9.15 Å². The first-order valence-electron chi connectivity index (χ1n) is 8.62. The van der Waals surface area contributed by atoms with Gasteiger partial charge in [0.1, 0.15) is 17.3 Å². The van der Waals surface area contributed by atoms with Crippen molar-refractivity contribution in [2.75, 3.05) is 5.32 Å². The summed E-state index contributed by atoms with van der Waals surface area (Å²) in [4.78, 5) is 12.7. The minimum atomic E-state index is -0.523. The number of hydrogen-bond donors (Lipinski definition) is 1. The zero-order chi connectivity index (χ0) is 21.1. The highest BCUT2D eigenvalue weighted by atomic mass is 35.5. The molecule has 30 heavy (non-hydrogen) atoms. The van der Waals surface area contributed by atoms with Crippen LogP contribution in [0.4, 0.5) is 10.4 Å². The molecule has 150 valence electrons. The summed E-state index contributed by atoms with van der Waals surface area (Å²) >= 11 is 12.0. The second-order valence-corrected chi connectivity index (χ2v) is 6.89.